The van der Waals surface area contributed by atoms with Gasteiger partial charge in [-0.1, -0.05) is 18.2 Å². The molecule has 29 heavy (non-hydrogen) atoms. The van der Waals surface area contributed by atoms with E-state index in [1.807, 2.05) is 24.3 Å². The Balaban J connectivity index is 1.38. The highest BCUT2D eigenvalue weighted by atomic mass is 16.5. The van der Waals surface area contributed by atoms with Crippen LogP contribution in [0.4, 0.5) is 0 Å². The maximum absolute atomic E-state index is 12.8. The summed E-state index contributed by atoms with van der Waals surface area (Å²) in [5.41, 5.74) is 4.92. The Labute approximate surface area is 171 Å². The highest BCUT2D eigenvalue weighted by Crippen LogP contribution is 2.40. The van der Waals surface area contributed by atoms with Crippen LogP contribution in [0.3, 0.4) is 0 Å². The fraction of sp³-hybridized carbons (Fsp3) is 0.375. The second-order valence-corrected chi connectivity index (χ2v) is 8.16. The second-order valence-electron chi connectivity index (χ2n) is 8.16. The van der Waals surface area contributed by atoms with E-state index in [1.165, 1.54) is 22.2 Å². The van der Waals surface area contributed by atoms with Gasteiger partial charge in [-0.25, -0.2) is 0 Å². The largest absolute Gasteiger partial charge is 0.497 e. The summed E-state index contributed by atoms with van der Waals surface area (Å²) in [6.07, 6.45) is 3.06. The Morgan fingerprint density at radius 3 is 2.69 bits per heavy atom. The summed E-state index contributed by atoms with van der Waals surface area (Å²) in [5.74, 6) is 0.763. The fourth-order valence-corrected chi connectivity index (χ4v) is 5.14. The highest BCUT2D eigenvalue weighted by Gasteiger charge is 2.37. The summed E-state index contributed by atoms with van der Waals surface area (Å²) >= 11 is 0. The molecule has 1 saturated heterocycles. The zero-order valence-corrected chi connectivity index (χ0v) is 17.0. The maximum atomic E-state index is 12.8. The summed E-state index contributed by atoms with van der Waals surface area (Å²) in [4.78, 5) is 15.3. The van der Waals surface area contributed by atoms with Gasteiger partial charge < -0.3 is 14.6 Å². The van der Waals surface area contributed by atoms with Crippen molar-refractivity contribution >= 4 is 16.8 Å². The van der Waals surface area contributed by atoms with E-state index >= 15 is 0 Å². The molecule has 0 aliphatic carbocycles. The molecule has 1 N–H and O–H groups in total. The van der Waals surface area contributed by atoms with E-state index in [-0.39, 0.29) is 11.9 Å². The van der Waals surface area contributed by atoms with Crippen molar-refractivity contribution in [1.82, 2.24) is 14.8 Å². The van der Waals surface area contributed by atoms with Crippen LogP contribution in [0.15, 0.2) is 48.5 Å². The van der Waals surface area contributed by atoms with Crippen molar-refractivity contribution in [3.05, 3.63) is 65.4 Å². The molecule has 1 aromatic heterocycles. The van der Waals surface area contributed by atoms with Crippen molar-refractivity contribution in [2.45, 2.75) is 31.3 Å². The molecule has 2 unspecified atom stereocenters. The van der Waals surface area contributed by atoms with Gasteiger partial charge in [-0.15, -0.1) is 0 Å². The summed E-state index contributed by atoms with van der Waals surface area (Å²) in [6.45, 7) is 2.13. The monoisotopic (exact) mass is 389 g/mol. The van der Waals surface area contributed by atoms with Gasteiger partial charge in [-0.2, -0.15) is 0 Å². The zero-order valence-electron chi connectivity index (χ0n) is 17.0. The number of para-hydroxylation sites is 1. The molecule has 0 bridgehead atoms. The molecule has 2 aliphatic rings. The molecule has 2 aromatic carbocycles. The molecule has 0 spiro atoms. The van der Waals surface area contributed by atoms with Crippen molar-refractivity contribution in [3.8, 4) is 5.75 Å². The topological polar surface area (TPSA) is 46.5 Å². The number of nitrogens with one attached hydrogen (secondary N) is 1. The van der Waals surface area contributed by atoms with Gasteiger partial charge in [0, 0.05) is 48.3 Å². The third-order valence-electron chi connectivity index (χ3n) is 6.63. The Hall–Kier alpha value is -2.79. The van der Waals surface area contributed by atoms with E-state index in [0.29, 0.717) is 11.6 Å². The first kappa shape index (κ1) is 18.3. The van der Waals surface area contributed by atoms with Gasteiger partial charge in [-0.3, -0.25) is 9.69 Å². The van der Waals surface area contributed by atoms with Crippen LogP contribution in [0.5, 0.6) is 5.75 Å². The molecule has 0 radical (unpaired) electrons. The van der Waals surface area contributed by atoms with Crippen LogP contribution in [0, 0.1) is 0 Å². The predicted octanol–water partition coefficient (Wildman–Crippen LogP) is 3.68. The number of methoxy groups -OCH3 is 1. The first-order chi connectivity index (χ1) is 14.2. The molecule has 2 aliphatic heterocycles. The zero-order chi connectivity index (χ0) is 20.0. The number of amides is 1. The molecular formula is C24H27N3O2. The molecule has 0 saturated carbocycles. The Kier molecular flexibility index (Phi) is 4.55. The van der Waals surface area contributed by atoms with Crippen molar-refractivity contribution in [2.75, 3.05) is 20.2 Å². The number of aromatic nitrogens is 1. The van der Waals surface area contributed by atoms with E-state index < -0.39 is 0 Å². The molecule has 1 fully saturated rings. The lowest BCUT2D eigenvalue weighted by Gasteiger charge is -2.43. The SMILES string of the molecule is COc1ccc(C(=O)NC2CCN3CCc4c(n(C)c5ccccc45)C3C2)cc1. The minimum absolute atomic E-state index is 0.000761. The van der Waals surface area contributed by atoms with Gasteiger partial charge in [0.05, 0.1) is 13.2 Å². The molecule has 150 valence electrons. The lowest BCUT2D eigenvalue weighted by Crippen LogP contribution is -2.48. The van der Waals surface area contributed by atoms with Crippen LogP contribution < -0.4 is 10.1 Å². The molecule has 5 heteroatoms. The molecule has 2 atom stereocenters. The van der Waals surface area contributed by atoms with Crippen molar-refractivity contribution in [3.63, 3.8) is 0 Å². The number of aryl methyl sites for hydroxylation is 1. The van der Waals surface area contributed by atoms with Gasteiger partial charge in [0.15, 0.2) is 0 Å². The van der Waals surface area contributed by atoms with Gasteiger partial charge >= 0.3 is 0 Å². The standard InChI is InChI=1S/C24H27N3O2/c1-26-21-6-4-3-5-19(21)20-12-14-27-13-11-17(15-22(27)23(20)26)25-24(28)16-7-9-18(29-2)10-8-16/h3-10,17,22H,11-15H2,1-2H3,(H,25,28). The molecule has 5 nitrogen and oxygen atoms in total. The molecule has 1 amide bonds. The van der Waals surface area contributed by atoms with Crippen LogP contribution in [0.2, 0.25) is 0 Å². The van der Waals surface area contributed by atoms with E-state index in [2.05, 4.69) is 46.1 Å². The minimum atomic E-state index is -0.000761. The van der Waals surface area contributed by atoms with E-state index in [9.17, 15) is 4.79 Å². The fourth-order valence-electron chi connectivity index (χ4n) is 5.14. The average Bonchev–Trinajstić information content (AvgIpc) is 3.06. The van der Waals surface area contributed by atoms with Gasteiger partial charge in [0.1, 0.15) is 5.75 Å². The summed E-state index contributed by atoms with van der Waals surface area (Å²) in [7, 11) is 3.82. The molecule has 3 aromatic rings. The Bertz CT molecular complexity index is 1050. The molecular weight excluding hydrogens is 362 g/mol. The number of ether oxygens (including phenoxy) is 1. The quantitative estimate of drug-likeness (QED) is 0.743. The van der Waals surface area contributed by atoms with Gasteiger partial charge in [0.25, 0.3) is 5.91 Å². The van der Waals surface area contributed by atoms with Crippen LogP contribution >= 0.6 is 0 Å². The van der Waals surface area contributed by atoms with Crippen LogP contribution in [-0.2, 0) is 13.5 Å². The van der Waals surface area contributed by atoms with Gasteiger partial charge in [0.2, 0.25) is 0 Å². The lowest BCUT2D eigenvalue weighted by molar-refractivity contribution is 0.0834. The number of nitrogens with zero attached hydrogens (tertiary/aromatic N) is 2. The number of fused-ring (bicyclic) bond motifs is 5. The van der Waals surface area contributed by atoms with Crippen molar-refractivity contribution in [1.29, 1.82) is 0 Å². The Morgan fingerprint density at radius 1 is 1.10 bits per heavy atom. The number of benzene rings is 2. The van der Waals surface area contributed by atoms with Crippen molar-refractivity contribution < 1.29 is 9.53 Å². The normalized spacial score (nSPS) is 21.4. The van der Waals surface area contributed by atoms with Crippen molar-refractivity contribution in [2.24, 2.45) is 7.05 Å². The summed E-state index contributed by atoms with van der Waals surface area (Å²) < 4.78 is 7.56. The smallest absolute Gasteiger partial charge is 0.251 e. The van der Waals surface area contributed by atoms with E-state index in [0.717, 1.165) is 38.1 Å². The number of rotatable bonds is 3. The number of hydrogen-bond donors (Lipinski definition) is 1. The Morgan fingerprint density at radius 2 is 1.90 bits per heavy atom. The third kappa shape index (κ3) is 3.10. The second kappa shape index (κ2) is 7.23. The van der Waals surface area contributed by atoms with Crippen LogP contribution in [0.1, 0.15) is 40.5 Å². The first-order valence-corrected chi connectivity index (χ1v) is 10.4. The third-order valence-corrected chi connectivity index (χ3v) is 6.63. The first-order valence-electron chi connectivity index (χ1n) is 10.4. The molecule has 5 rings (SSSR count). The van der Waals surface area contributed by atoms with E-state index in [1.54, 1.807) is 7.11 Å². The number of carbonyl (C=O) groups is 1. The minimum Gasteiger partial charge on any atom is -0.497 e. The van der Waals surface area contributed by atoms with Crippen LogP contribution in [-0.4, -0.2) is 41.6 Å². The number of piperidine rings is 1. The highest BCUT2D eigenvalue weighted by molar-refractivity contribution is 5.94. The number of hydrogen-bond acceptors (Lipinski definition) is 3. The maximum Gasteiger partial charge on any atom is 0.251 e. The summed E-state index contributed by atoms with van der Waals surface area (Å²) in [5, 5.41) is 4.66. The average molecular weight is 389 g/mol. The van der Waals surface area contributed by atoms with E-state index in [4.69, 9.17) is 4.74 Å². The van der Waals surface area contributed by atoms with Crippen LogP contribution in [0.25, 0.3) is 10.9 Å². The predicted molar refractivity (Wildman–Crippen MR) is 114 cm³/mol. The lowest BCUT2D eigenvalue weighted by atomic mass is 9.88. The van der Waals surface area contributed by atoms with Gasteiger partial charge in [-0.05, 0) is 55.2 Å². The molecule has 3 heterocycles. The summed E-state index contributed by atoms with van der Waals surface area (Å²) in [6, 6.07) is 16.6. The number of carbonyl (C=O) groups excluding carboxylic acids is 1.